The van der Waals surface area contributed by atoms with E-state index in [0.717, 1.165) is 11.3 Å². The maximum absolute atomic E-state index is 11.8. The summed E-state index contributed by atoms with van der Waals surface area (Å²) < 4.78 is 30.0. The summed E-state index contributed by atoms with van der Waals surface area (Å²) >= 11 is 0. The summed E-state index contributed by atoms with van der Waals surface area (Å²) in [5.41, 5.74) is 8.24. The number of nitrogens with zero attached hydrogens (tertiary/aromatic N) is 2. The van der Waals surface area contributed by atoms with Gasteiger partial charge in [0.2, 0.25) is 10.0 Å². The van der Waals surface area contributed by atoms with Crippen LogP contribution in [0, 0.1) is 0 Å². The van der Waals surface area contributed by atoms with Crippen LogP contribution in [0.2, 0.25) is 0 Å². The second kappa shape index (κ2) is 6.92. The van der Waals surface area contributed by atoms with Crippen molar-refractivity contribution in [2.24, 2.45) is 0 Å². The zero-order valence-corrected chi connectivity index (χ0v) is 13.3. The Morgan fingerprint density at radius 1 is 1.30 bits per heavy atom. The van der Waals surface area contributed by atoms with Gasteiger partial charge in [-0.15, -0.1) is 0 Å². The Morgan fingerprint density at radius 3 is 2.45 bits per heavy atom. The lowest BCUT2D eigenvalue weighted by molar-refractivity contribution is 0.177. The van der Waals surface area contributed by atoms with Crippen LogP contribution in [0.3, 0.4) is 0 Å². The minimum atomic E-state index is -3.30. The number of methoxy groups -OCH3 is 1. The van der Waals surface area contributed by atoms with Crippen molar-refractivity contribution < 1.29 is 13.2 Å². The van der Waals surface area contributed by atoms with Crippen LogP contribution in [-0.2, 0) is 21.3 Å². The molecule has 7 heteroatoms. The van der Waals surface area contributed by atoms with Gasteiger partial charge in [0.25, 0.3) is 0 Å². The monoisotopic (exact) mass is 301 g/mol. The molecule has 1 aromatic rings. The predicted octanol–water partition coefficient (Wildman–Crippen LogP) is 0.743. The van der Waals surface area contributed by atoms with E-state index in [-0.39, 0.29) is 6.54 Å². The maximum Gasteiger partial charge on any atom is 0.211 e. The van der Waals surface area contributed by atoms with Crippen LogP contribution < -0.4 is 10.6 Å². The smallest absolute Gasteiger partial charge is 0.211 e. The van der Waals surface area contributed by atoms with Crippen LogP contribution in [0.1, 0.15) is 5.56 Å². The second-order valence-electron chi connectivity index (χ2n) is 4.87. The molecule has 0 amide bonds. The second-order valence-corrected chi connectivity index (χ2v) is 6.85. The van der Waals surface area contributed by atoms with Gasteiger partial charge in [-0.25, -0.2) is 8.42 Å². The van der Waals surface area contributed by atoms with Crippen LogP contribution in [-0.4, -0.2) is 53.3 Å². The Morgan fingerprint density at radius 2 is 1.95 bits per heavy atom. The van der Waals surface area contributed by atoms with E-state index in [0.29, 0.717) is 18.8 Å². The number of hydrogen-bond acceptors (Lipinski definition) is 5. The fourth-order valence-electron chi connectivity index (χ4n) is 1.91. The Labute approximate surface area is 121 Å². The molecule has 0 atom stereocenters. The third-order valence-electron chi connectivity index (χ3n) is 2.95. The molecule has 0 aliphatic rings. The largest absolute Gasteiger partial charge is 0.399 e. The van der Waals surface area contributed by atoms with Crippen molar-refractivity contribution in [1.82, 2.24) is 4.31 Å². The van der Waals surface area contributed by atoms with Crippen molar-refractivity contribution in [3.63, 3.8) is 0 Å². The van der Waals surface area contributed by atoms with E-state index in [1.807, 2.05) is 25.1 Å². The molecule has 0 saturated carbocycles. The molecule has 0 unspecified atom stereocenters. The van der Waals surface area contributed by atoms with E-state index in [1.54, 1.807) is 19.2 Å². The van der Waals surface area contributed by atoms with Crippen LogP contribution in [0.5, 0.6) is 0 Å². The van der Waals surface area contributed by atoms with Crippen LogP contribution >= 0.6 is 0 Å². The van der Waals surface area contributed by atoms with Crippen molar-refractivity contribution in [3.8, 4) is 0 Å². The summed E-state index contributed by atoms with van der Waals surface area (Å²) in [6.07, 6.45) is 1.20. The highest BCUT2D eigenvalue weighted by atomic mass is 32.2. The summed E-state index contributed by atoms with van der Waals surface area (Å²) in [6.45, 7) is 0.949. The van der Waals surface area contributed by atoms with Gasteiger partial charge in [-0.05, 0) is 23.8 Å². The van der Waals surface area contributed by atoms with Gasteiger partial charge in [-0.3, -0.25) is 0 Å². The van der Waals surface area contributed by atoms with Gasteiger partial charge in [0.05, 0.1) is 12.9 Å². The maximum atomic E-state index is 11.8. The number of rotatable bonds is 7. The third-order valence-corrected chi connectivity index (χ3v) is 4.20. The molecule has 0 aliphatic heterocycles. The summed E-state index contributed by atoms with van der Waals surface area (Å²) in [6, 6.07) is 5.50. The van der Waals surface area contributed by atoms with E-state index in [4.69, 9.17) is 10.5 Å². The summed E-state index contributed by atoms with van der Waals surface area (Å²) in [4.78, 5) is 1.94. The topological polar surface area (TPSA) is 75.9 Å². The Kier molecular flexibility index (Phi) is 5.79. The highest BCUT2D eigenvalue weighted by molar-refractivity contribution is 7.88. The van der Waals surface area contributed by atoms with Gasteiger partial charge < -0.3 is 15.4 Å². The molecular formula is C13H23N3O3S. The van der Waals surface area contributed by atoms with Gasteiger partial charge in [-0.2, -0.15) is 4.31 Å². The molecular weight excluding hydrogens is 278 g/mol. The van der Waals surface area contributed by atoms with Crippen molar-refractivity contribution >= 4 is 21.4 Å². The van der Waals surface area contributed by atoms with Gasteiger partial charge in [0.15, 0.2) is 0 Å². The minimum absolute atomic E-state index is 0.279. The third kappa shape index (κ3) is 4.66. The number of benzene rings is 1. The number of ether oxygens (including phenoxy) is 1. The first-order valence-corrected chi connectivity index (χ1v) is 8.10. The minimum Gasteiger partial charge on any atom is -0.399 e. The summed E-state index contributed by atoms with van der Waals surface area (Å²) in [5, 5.41) is 0. The van der Waals surface area contributed by atoms with E-state index in [2.05, 4.69) is 0 Å². The Bertz CT molecular complexity index is 544. The molecule has 0 spiro atoms. The van der Waals surface area contributed by atoms with Crippen molar-refractivity contribution in [1.29, 1.82) is 0 Å². The first-order chi connectivity index (χ1) is 9.25. The van der Waals surface area contributed by atoms with Crippen molar-refractivity contribution in [2.75, 3.05) is 51.2 Å². The van der Waals surface area contributed by atoms with Crippen LogP contribution in [0.25, 0.3) is 0 Å². The van der Waals surface area contributed by atoms with Gasteiger partial charge in [0, 0.05) is 45.7 Å². The molecule has 0 saturated heterocycles. The molecule has 1 rings (SSSR count). The lowest BCUT2D eigenvalue weighted by atomic mass is 10.1. The Hall–Kier alpha value is -1.31. The van der Waals surface area contributed by atoms with Gasteiger partial charge >= 0.3 is 0 Å². The van der Waals surface area contributed by atoms with Crippen LogP contribution in [0.4, 0.5) is 11.4 Å². The molecule has 0 aliphatic carbocycles. The SMILES string of the molecule is COCCN(Cc1cc(N)ccc1N(C)C)S(C)(=O)=O. The first-order valence-electron chi connectivity index (χ1n) is 6.25. The van der Waals surface area contributed by atoms with E-state index >= 15 is 0 Å². The predicted molar refractivity (Wildman–Crippen MR) is 82.3 cm³/mol. The van der Waals surface area contributed by atoms with E-state index < -0.39 is 10.0 Å². The summed E-state index contributed by atoms with van der Waals surface area (Å²) in [5.74, 6) is 0. The number of nitrogen functional groups attached to an aromatic ring is 1. The lowest BCUT2D eigenvalue weighted by Crippen LogP contribution is -2.33. The molecule has 6 nitrogen and oxygen atoms in total. The highest BCUT2D eigenvalue weighted by Gasteiger charge is 2.18. The molecule has 2 N–H and O–H groups in total. The molecule has 20 heavy (non-hydrogen) atoms. The normalized spacial score (nSPS) is 11.8. The Balaban J connectivity index is 3.07. The average Bonchev–Trinajstić information content (AvgIpc) is 2.32. The quantitative estimate of drug-likeness (QED) is 0.752. The first kappa shape index (κ1) is 16.7. The number of nitrogens with two attached hydrogens (primary N) is 1. The van der Waals surface area contributed by atoms with E-state index in [1.165, 1.54) is 10.6 Å². The molecule has 0 heterocycles. The fourth-order valence-corrected chi connectivity index (χ4v) is 2.69. The number of anilines is 2. The molecule has 0 fully saturated rings. The number of sulfonamides is 1. The fraction of sp³-hybridized carbons (Fsp3) is 0.538. The number of hydrogen-bond donors (Lipinski definition) is 1. The van der Waals surface area contributed by atoms with Crippen molar-refractivity contribution in [3.05, 3.63) is 23.8 Å². The zero-order chi connectivity index (χ0) is 15.3. The van der Waals surface area contributed by atoms with Gasteiger partial charge in [0.1, 0.15) is 0 Å². The molecule has 0 radical (unpaired) electrons. The lowest BCUT2D eigenvalue weighted by Gasteiger charge is -2.24. The molecule has 114 valence electrons. The molecule has 0 aromatic heterocycles. The van der Waals surface area contributed by atoms with Crippen LogP contribution in [0.15, 0.2) is 18.2 Å². The van der Waals surface area contributed by atoms with E-state index in [9.17, 15) is 8.42 Å². The average molecular weight is 301 g/mol. The van der Waals surface area contributed by atoms with Gasteiger partial charge in [-0.1, -0.05) is 0 Å². The molecule has 0 bridgehead atoms. The molecule has 1 aromatic carbocycles. The zero-order valence-electron chi connectivity index (χ0n) is 12.5. The summed E-state index contributed by atoms with van der Waals surface area (Å²) in [7, 11) is 2.07. The highest BCUT2D eigenvalue weighted by Crippen LogP contribution is 2.23. The standard InChI is InChI=1S/C13H23N3O3S/c1-15(2)13-6-5-12(14)9-11(13)10-16(7-8-19-3)20(4,17)18/h5-6,9H,7-8,10,14H2,1-4H3. The van der Waals surface area contributed by atoms with Crippen molar-refractivity contribution in [2.45, 2.75) is 6.54 Å².